The summed E-state index contributed by atoms with van der Waals surface area (Å²) < 4.78 is 5.60. The summed E-state index contributed by atoms with van der Waals surface area (Å²) >= 11 is 5.90. The minimum Gasteiger partial charge on any atom is -0.550 e. The van der Waals surface area contributed by atoms with E-state index < -0.39 is 35.7 Å². The molecule has 0 heterocycles. The van der Waals surface area contributed by atoms with Gasteiger partial charge in [-0.2, -0.15) is 0 Å². The molecule has 0 aromatic heterocycles. The van der Waals surface area contributed by atoms with Crippen molar-refractivity contribution >= 4 is 29.4 Å². The molecule has 1 aromatic carbocycles. The molecule has 0 radical (unpaired) electrons. The Bertz CT molecular complexity index is 768. The van der Waals surface area contributed by atoms with Crippen LogP contribution in [-0.4, -0.2) is 23.9 Å². The van der Waals surface area contributed by atoms with E-state index in [2.05, 4.69) is 10.9 Å². The number of amides is 2. The van der Waals surface area contributed by atoms with E-state index in [1.165, 1.54) is 0 Å². The van der Waals surface area contributed by atoms with Gasteiger partial charge >= 0.3 is 0 Å². The first-order valence-corrected chi connectivity index (χ1v) is 9.39. The lowest BCUT2D eigenvalue weighted by atomic mass is 9.79. The van der Waals surface area contributed by atoms with Crippen LogP contribution in [0.2, 0.25) is 5.02 Å². The third-order valence-electron chi connectivity index (χ3n) is 5.61. The second-order valence-corrected chi connectivity index (χ2v) is 7.79. The molecular weight excluding hydrogens is 372 g/mol. The van der Waals surface area contributed by atoms with Crippen molar-refractivity contribution in [1.29, 1.82) is 0 Å². The highest BCUT2D eigenvalue weighted by Crippen LogP contribution is 2.52. The molecule has 2 bridgehead atoms. The molecule has 1 aromatic rings. The van der Waals surface area contributed by atoms with E-state index in [-0.39, 0.29) is 11.8 Å². The number of halogens is 1. The Morgan fingerprint density at radius 2 is 1.85 bits per heavy atom. The SMILES string of the molecule is Cc1cc(Cl)ccc1O[C@H](C)C(=O)NNC(=O)[C@@H]1[C@H]2CC[C@@H](C2)[C@@H]1C(=O)[O-]. The number of nitrogens with one attached hydrogen (secondary N) is 2. The number of benzene rings is 1. The fraction of sp³-hybridized carbons (Fsp3) is 0.526. The third kappa shape index (κ3) is 4.03. The second-order valence-electron chi connectivity index (χ2n) is 7.35. The first-order chi connectivity index (χ1) is 12.8. The fourth-order valence-electron chi connectivity index (χ4n) is 4.30. The summed E-state index contributed by atoms with van der Waals surface area (Å²) in [4.78, 5) is 36.1. The van der Waals surface area contributed by atoms with Crippen LogP contribution in [0.5, 0.6) is 5.75 Å². The Kier molecular flexibility index (Phi) is 5.60. The largest absolute Gasteiger partial charge is 0.550 e. The predicted octanol–water partition coefficient (Wildman–Crippen LogP) is 0.975. The Hall–Kier alpha value is -2.28. The van der Waals surface area contributed by atoms with E-state index in [0.29, 0.717) is 10.8 Å². The normalized spacial score (nSPS) is 27.1. The molecule has 8 heteroatoms. The summed E-state index contributed by atoms with van der Waals surface area (Å²) in [5, 5.41) is 12.0. The van der Waals surface area contributed by atoms with Crippen LogP contribution in [0.4, 0.5) is 0 Å². The summed E-state index contributed by atoms with van der Waals surface area (Å²) in [7, 11) is 0. The average molecular weight is 394 g/mol. The minimum atomic E-state index is -1.19. The average Bonchev–Trinajstić information content (AvgIpc) is 3.22. The van der Waals surface area contributed by atoms with Crippen LogP contribution in [0.25, 0.3) is 0 Å². The standard InChI is InChI=1S/C19H23ClN2O5/c1-9-7-13(20)5-6-14(9)27-10(2)17(23)21-22-18(24)15-11-3-4-12(8-11)16(15)19(25)26/h5-7,10-12,15-16H,3-4,8H2,1-2H3,(H,21,23)(H,22,24)(H,25,26)/p-1/t10-,11+,12+,15-,16+/m1/s1. The van der Waals surface area contributed by atoms with Gasteiger partial charge in [-0.15, -0.1) is 0 Å². The summed E-state index contributed by atoms with van der Waals surface area (Å²) in [5.74, 6) is -3.14. The zero-order valence-corrected chi connectivity index (χ0v) is 15.9. The molecule has 3 rings (SSSR count). The number of aliphatic carboxylic acids is 1. The van der Waals surface area contributed by atoms with Crippen LogP contribution in [0, 0.1) is 30.6 Å². The second kappa shape index (κ2) is 7.76. The lowest BCUT2D eigenvalue weighted by Gasteiger charge is -2.30. The van der Waals surface area contributed by atoms with Crippen molar-refractivity contribution in [2.75, 3.05) is 0 Å². The maximum Gasteiger partial charge on any atom is 0.279 e. The topological polar surface area (TPSA) is 108 Å². The van der Waals surface area contributed by atoms with Gasteiger partial charge in [0.05, 0.1) is 5.92 Å². The Labute approximate surface area is 162 Å². The molecule has 2 saturated carbocycles. The molecule has 7 nitrogen and oxygen atoms in total. The predicted molar refractivity (Wildman–Crippen MR) is 95.4 cm³/mol. The Morgan fingerprint density at radius 1 is 1.19 bits per heavy atom. The van der Waals surface area contributed by atoms with E-state index in [0.717, 1.165) is 24.8 Å². The number of aryl methyl sites for hydroxylation is 1. The highest BCUT2D eigenvalue weighted by Gasteiger charge is 2.51. The molecular formula is C19H22ClN2O5-. The van der Waals surface area contributed by atoms with Gasteiger partial charge in [-0.05, 0) is 68.7 Å². The summed E-state index contributed by atoms with van der Waals surface area (Å²) in [6.07, 6.45) is 1.50. The molecule has 0 aliphatic heterocycles. The van der Waals surface area contributed by atoms with Crippen molar-refractivity contribution in [1.82, 2.24) is 10.9 Å². The zero-order valence-electron chi connectivity index (χ0n) is 15.2. The van der Waals surface area contributed by atoms with E-state index >= 15 is 0 Å². The molecule has 5 atom stereocenters. The van der Waals surface area contributed by atoms with Crippen molar-refractivity contribution in [2.24, 2.45) is 23.7 Å². The molecule has 146 valence electrons. The van der Waals surface area contributed by atoms with Crippen LogP contribution in [0.15, 0.2) is 18.2 Å². The molecule has 0 spiro atoms. The zero-order chi connectivity index (χ0) is 19.7. The van der Waals surface area contributed by atoms with Crippen molar-refractivity contribution in [3.63, 3.8) is 0 Å². The number of carboxylic acid groups (broad SMARTS) is 1. The number of carboxylic acids is 1. The molecule has 2 fully saturated rings. The van der Waals surface area contributed by atoms with E-state index in [9.17, 15) is 19.5 Å². The molecule has 2 aliphatic rings. The molecule has 27 heavy (non-hydrogen) atoms. The van der Waals surface area contributed by atoms with Gasteiger partial charge in [0.15, 0.2) is 6.10 Å². The Morgan fingerprint density at radius 3 is 2.48 bits per heavy atom. The number of hydrogen-bond acceptors (Lipinski definition) is 5. The number of ether oxygens (including phenoxy) is 1. The molecule has 2 amide bonds. The van der Waals surface area contributed by atoms with E-state index in [1.54, 1.807) is 25.1 Å². The number of hydrogen-bond donors (Lipinski definition) is 2. The summed E-state index contributed by atoms with van der Waals surface area (Å²) in [6, 6.07) is 5.05. The van der Waals surface area contributed by atoms with Crippen molar-refractivity contribution in [2.45, 2.75) is 39.2 Å². The smallest absolute Gasteiger partial charge is 0.279 e. The van der Waals surface area contributed by atoms with Gasteiger partial charge < -0.3 is 14.6 Å². The maximum absolute atomic E-state index is 12.5. The van der Waals surface area contributed by atoms with Gasteiger partial charge in [-0.3, -0.25) is 20.4 Å². The number of carbonyl (C=O) groups is 3. The molecule has 2 aliphatic carbocycles. The van der Waals surface area contributed by atoms with Crippen molar-refractivity contribution < 1.29 is 24.2 Å². The third-order valence-corrected chi connectivity index (χ3v) is 5.85. The van der Waals surface area contributed by atoms with Crippen molar-refractivity contribution in [3.8, 4) is 5.75 Å². The molecule has 2 N–H and O–H groups in total. The van der Waals surface area contributed by atoms with Crippen LogP contribution in [-0.2, 0) is 14.4 Å². The van der Waals surface area contributed by atoms with Gasteiger partial charge in [-0.25, -0.2) is 0 Å². The highest BCUT2D eigenvalue weighted by atomic mass is 35.5. The van der Waals surface area contributed by atoms with Gasteiger partial charge in [0.1, 0.15) is 5.75 Å². The van der Waals surface area contributed by atoms with Gasteiger partial charge in [0, 0.05) is 16.9 Å². The van der Waals surface area contributed by atoms with Crippen LogP contribution in [0.3, 0.4) is 0 Å². The number of fused-ring (bicyclic) bond motifs is 2. The summed E-state index contributed by atoms with van der Waals surface area (Å²) in [5.41, 5.74) is 5.46. The first kappa shape index (κ1) is 19.5. The van der Waals surface area contributed by atoms with Crippen LogP contribution >= 0.6 is 11.6 Å². The first-order valence-electron chi connectivity index (χ1n) is 9.01. The Balaban J connectivity index is 1.55. The fourth-order valence-corrected chi connectivity index (χ4v) is 4.53. The van der Waals surface area contributed by atoms with Gasteiger partial charge in [0.25, 0.3) is 5.91 Å². The van der Waals surface area contributed by atoms with Crippen LogP contribution in [0.1, 0.15) is 31.7 Å². The van der Waals surface area contributed by atoms with Crippen molar-refractivity contribution in [3.05, 3.63) is 28.8 Å². The quantitative estimate of drug-likeness (QED) is 0.725. The number of hydrazine groups is 1. The number of rotatable bonds is 5. The minimum absolute atomic E-state index is 0.0124. The summed E-state index contributed by atoms with van der Waals surface area (Å²) in [6.45, 7) is 3.36. The van der Waals surface area contributed by atoms with E-state index in [1.807, 2.05) is 6.92 Å². The monoisotopic (exact) mass is 393 g/mol. The van der Waals surface area contributed by atoms with E-state index in [4.69, 9.17) is 16.3 Å². The highest BCUT2D eigenvalue weighted by molar-refractivity contribution is 6.30. The lowest BCUT2D eigenvalue weighted by Crippen LogP contribution is -2.52. The van der Waals surface area contributed by atoms with Crippen LogP contribution < -0.4 is 20.7 Å². The molecule has 0 saturated heterocycles. The van der Waals surface area contributed by atoms with Gasteiger partial charge in [-0.1, -0.05) is 11.6 Å². The number of carbonyl (C=O) groups excluding carboxylic acids is 3. The lowest BCUT2D eigenvalue weighted by molar-refractivity contribution is -0.314. The maximum atomic E-state index is 12.5. The molecule has 0 unspecified atom stereocenters. The van der Waals surface area contributed by atoms with Gasteiger partial charge in [0.2, 0.25) is 5.91 Å².